The summed E-state index contributed by atoms with van der Waals surface area (Å²) in [6, 6.07) is 29.3. The average Bonchev–Trinajstić information content (AvgIpc) is 3.88. The van der Waals surface area contributed by atoms with Crippen LogP contribution in [-0.2, 0) is 56.3 Å². The number of para-hydroxylation sites is 2. The van der Waals surface area contributed by atoms with Crippen molar-refractivity contribution in [3.8, 4) is 17.2 Å². The molecule has 0 spiro atoms. The highest BCUT2D eigenvalue weighted by atomic mass is 32.2. The number of ketones is 1. The van der Waals surface area contributed by atoms with Gasteiger partial charge >= 0.3 is 0 Å². The summed E-state index contributed by atoms with van der Waals surface area (Å²) in [5, 5.41) is 0. The quantitative estimate of drug-likeness (QED) is 0.0612. The van der Waals surface area contributed by atoms with Gasteiger partial charge in [-0.05, 0) is 129 Å². The van der Waals surface area contributed by atoms with Crippen molar-refractivity contribution < 1.29 is 47.6 Å². The second kappa shape index (κ2) is 22.7. The van der Waals surface area contributed by atoms with Crippen molar-refractivity contribution in [3.05, 3.63) is 136 Å². The standard InChI is InChI=1S/C58H64N4O10S/c1-37-23-47-41(15-16-44-27-42-11-7-9-13-50(42)61(44)56(47)65)29-52(37)71-33-39-24-40(26-45(25-39)60(36-58(3,4)73-35-38(2)63)55(64)17-18-69-21-22-70-20-19-67-5)34-72-54-31-49-48(30-53(54)68-6)57(66)62-46(32-59-49)28-43-12-8-10-14-51(43)62/h7-14,23-26,29-32,44,46H,15-22,27-28,33-36H2,1-6H3/t44-,46+/m1/s1. The molecule has 5 aromatic rings. The summed E-state index contributed by atoms with van der Waals surface area (Å²) in [6.07, 6.45) is 5.01. The molecule has 0 saturated heterocycles. The normalized spacial score (nSPS) is 16.4. The van der Waals surface area contributed by atoms with E-state index in [0.29, 0.717) is 84.9 Å². The van der Waals surface area contributed by atoms with Crippen molar-refractivity contribution >= 4 is 64.2 Å². The molecule has 2 atom stereocenters. The maximum absolute atomic E-state index is 14.5. The summed E-state index contributed by atoms with van der Waals surface area (Å²) in [5.41, 5.74) is 9.68. The number of ether oxygens (including phenoxy) is 6. The average molecular weight is 1010 g/mol. The fraction of sp³-hybridized carbons (Fsp3) is 0.397. The van der Waals surface area contributed by atoms with Gasteiger partial charge in [0.1, 0.15) is 24.7 Å². The van der Waals surface area contributed by atoms with Crippen molar-refractivity contribution in [2.75, 3.05) is 74.3 Å². The van der Waals surface area contributed by atoms with E-state index < -0.39 is 4.75 Å². The number of amides is 3. The van der Waals surface area contributed by atoms with Gasteiger partial charge in [0.25, 0.3) is 11.8 Å². The SMILES string of the molecule is COCCOCCOCCC(=O)N(CC(C)(C)SCC(C)=O)c1cc(COc2cc3c(cc2C)C(=O)N2c4ccccc4C[C@H]2CC3)cc(COc2cc3c(cc2OC)C(=O)N2c4ccccc4C[C@H]2C=N3)c1. The number of carbonyl (C=O) groups excluding carboxylic acids is 4. The van der Waals surface area contributed by atoms with Gasteiger partial charge in [-0.3, -0.25) is 29.1 Å². The van der Waals surface area contributed by atoms with Gasteiger partial charge in [0.15, 0.2) is 11.5 Å². The van der Waals surface area contributed by atoms with Crippen LogP contribution < -0.4 is 28.9 Å². The third kappa shape index (κ3) is 11.7. The number of carbonyl (C=O) groups is 4. The highest BCUT2D eigenvalue weighted by Crippen LogP contribution is 2.42. The summed E-state index contributed by atoms with van der Waals surface area (Å²) >= 11 is 1.50. The number of methoxy groups -OCH3 is 2. The molecule has 382 valence electrons. The number of benzene rings is 5. The van der Waals surface area contributed by atoms with Crippen LogP contribution in [0.4, 0.5) is 22.7 Å². The Balaban J connectivity index is 1.01. The van der Waals surface area contributed by atoms with Crippen LogP contribution in [0.25, 0.3) is 0 Å². The zero-order chi connectivity index (χ0) is 51.2. The number of thioether (sulfide) groups is 1. The van der Waals surface area contributed by atoms with Gasteiger partial charge in [-0.25, -0.2) is 0 Å². The fourth-order valence-electron chi connectivity index (χ4n) is 10.1. The molecule has 4 aliphatic rings. The lowest BCUT2D eigenvalue weighted by Gasteiger charge is -2.33. The van der Waals surface area contributed by atoms with Gasteiger partial charge in [0, 0.05) is 65.8 Å². The van der Waals surface area contributed by atoms with Crippen LogP contribution in [0, 0.1) is 6.92 Å². The lowest BCUT2D eigenvalue weighted by Crippen LogP contribution is -2.41. The summed E-state index contributed by atoms with van der Waals surface area (Å²) in [5.74, 6) is 1.48. The minimum Gasteiger partial charge on any atom is -0.493 e. The van der Waals surface area contributed by atoms with Crippen LogP contribution in [0.2, 0.25) is 0 Å². The van der Waals surface area contributed by atoms with Gasteiger partial charge in [-0.15, -0.1) is 11.8 Å². The predicted octanol–water partition coefficient (Wildman–Crippen LogP) is 9.47. The molecular weight excluding hydrogens is 945 g/mol. The van der Waals surface area contributed by atoms with E-state index in [1.54, 1.807) is 43.1 Å². The molecule has 15 heteroatoms. The van der Waals surface area contributed by atoms with E-state index in [1.807, 2.05) is 105 Å². The Morgan fingerprint density at radius 1 is 0.740 bits per heavy atom. The van der Waals surface area contributed by atoms with E-state index in [2.05, 4.69) is 6.07 Å². The zero-order valence-corrected chi connectivity index (χ0v) is 43.4. The topological polar surface area (TPSA) is 146 Å². The number of nitrogens with zero attached hydrogens (tertiary/aromatic N) is 4. The Hall–Kier alpha value is -6.52. The Kier molecular flexibility index (Phi) is 16.0. The largest absolute Gasteiger partial charge is 0.493 e. The predicted molar refractivity (Wildman–Crippen MR) is 285 cm³/mol. The molecule has 0 bridgehead atoms. The Bertz CT molecular complexity index is 2920. The van der Waals surface area contributed by atoms with E-state index in [-0.39, 0.29) is 61.8 Å². The Morgan fingerprint density at radius 3 is 2.11 bits per heavy atom. The van der Waals surface area contributed by atoms with Crippen LogP contribution in [0.15, 0.2) is 96.0 Å². The van der Waals surface area contributed by atoms with E-state index in [9.17, 15) is 19.2 Å². The third-order valence-corrected chi connectivity index (χ3v) is 15.2. The molecule has 0 unspecified atom stereocenters. The molecule has 14 nitrogen and oxygen atoms in total. The van der Waals surface area contributed by atoms with Crippen molar-refractivity contribution in [2.45, 2.75) is 89.8 Å². The molecule has 0 aliphatic carbocycles. The molecule has 9 rings (SSSR count). The maximum Gasteiger partial charge on any atom is 0.261 e. The van der Waals surface area contributed by atoms with Crippen LogP contribution >= 0.6 is 11.8 Å². The van der Waals surface area contributed by atoms with E-state index in [4.69, 9.17) is 33.4 Å². The van der Waals surface area contributed by atoms with Crippen molar-refractivity contribution in [2.24, 2.45) is 4.99 Å². The molecule has 0 N–H and O–H groups in total. The highest BCUT2D eigenvalue weighted by molar-refractivity contribution is 8.01. The molecule has 0 aromatic heterocycles. The first-order valence-corrected chi connectivity index (χ1v) is 26.0. The Labute approximate surface area is 431 Å². The number of hydrogen-bond acceptors (Lipinski definition) is 12. The summed E-state index contributed by atoms with van der Waals surface area (Å²) < 4.78 is 35.0. The zero-order valence-electron chi connectivity index (χ0n) is 42.6. The first kappa shape index (κ1) is 51.4. The van der Waals surface area contributed by atoms with Crippen LogP contribution in [0.5, 0.6) is 17.2 Å². The van der Waals surface area contributed by atoms with Crippen LogP contribution in [-0.4, -0.2) is 106 Å². The van der Waals surface area contributed by atoms with Crippen LogP contribution in [0.1, 0.15) is 87.7 Å². The number of rotatable bonds is 22. The molecule has 0 radical (unpaired) electrons. The summed E-state index contributed by atoms with van der Waals surface area (Å²) in [6.45, 7) is 9.90. The minimum absolute atomic E-state index is 0.0139. The number of hydrogen-bond donors (Lipinski definition) is 0. The van der Waals surface area contributed by atoms with E-state index in [1.165, 1.54) is 17.3 Å². The Morgan fingerprint density at radius 2 is 1.40 bits per heavy atom. The maximum atomic E-state index is 14.5. The van der Waals surface area contributed by atoms with E-state index >= 15 is 0 Å². The summed E-state index contributed by atoms with van der Waals surface area (Å²) in [4.78, 5) is 65.4. The van der Waals surface area contributed by atoms with E-state index in [0.717, 1.165) is 58.5 Å². The van der Waals surface area contributed by atoms with Gasteiger partial charge < -0.3 is 38.2 Å². The number of Topliss-reactive ketones (excluding diaryl/α,β-unsaturated/α-hetero) is 1. The third-order valence-electron chi connectivity index (χ3n) is 13.7. The number of anilines is 3. The first-order valence-electron chi connectivity index (χ1n) is 25.0. The van der Waals surface area contributed by atoms with Crippen LogP contribution in [0.3, 0.4) is 0 Å². The molecular formula is C58H64N4O10S. The van der Waals surface area contributed by atoms with Crippen molar-refractivity contribution in [1.29, 1.82) is 0 Å². The first-order chi connectivity index (χ1) is 35.3. The second-order valence-electron chi connectivity index (χ2n) is 19.6. The molecule has 0 saturated carbocycles. The minimum atomic E-state index is -0.515. The van der Waals surface area contributed by atoms with Gasteiger partial charge in [0.05, 0.1) is 69.6 Å². The smallest absolute Gasteiger partial charge is 0.261 e. The summed E-state index contributed by atoms with van der Waals surface area (Å²) in [7, 11) is 3.16. The highest BCUT2D eigenvalue weighted by Gasteiger charge is 2.39. The fourth-order valence-corrected chi connectivity index (χ4v) is 10.9. The lowest BCUT2D eigenvalue weighted by molar-refractivity contribution is -0.120. The lowest BCUT2D eigenvalue weighted by atomic mass is 9.98. The molecule has 5 aromatic carbocycles. The molecule has 4 heterocycles. The van der Waals surface area contributed by atoms with Gasteiger partial charge in [0.2, 0.25) is 5.91 Å². The number of aryl methyl sites for hydroxylation is 2. The number of aliphatic imine (C=N–C) groups is 1. The molecule has 3 amide bonds. The molecule has 0 fully saturated rings. The van der Waals surface area contributed by atoms with Gasteiger partial charge in [-0.2, -0.15) is 0 Å². The monoisotopic (exact) mass is 1010 g/mol. The molecule has 73 heavy (non-hydrogen) atoms. The molecule has 4 aliphatic heterocycles. The van der Waals surface area contributed by atoms with Crippen molar-refractivity contribution in [3.63, 3.8) is 0 Å². The van der Waals surface area contributed by atoms with Gasteiger partial charge in [-0.1, -0.05) is 36.4 Å². The number of fused-ring (bicyclic) bond motifs is 8. The second-order valence-corrected chi connectivity index (χ2v) is 21.3. The van der Waals surface area contributed by atoms with Crippen molar-refractivity contribution in [1.82, 2.24) is 0 Å².